The largest absolute Gasteiger partial charge is 0.460 e. The van der Waals surface area contributed by atoms with Gasteiger partial charge in [0.05, 0.1) is 6.10 Å². The summed E-state index contributed by atoms with van der Waals surface area (Å²) in [5, 5.41) is 9.57. The maximum atomic E-state index is 9.57. The Labute approximate surface area is 93.5 Å². The van der Waals surface area contributed by atoms with Gasteiger partial charge in [0, 0.05) is 19.2 Å². The number of aryl methyl sites for hydroxylation is 2. The van der Waals surface area contributed by atoms with Crippen molar-refractivity contribution in [3.8, 4) is 11.5 Å². The molecule has 1 atom stereocenters. The highest BCUT2D eigenvalue weighted by atomic mass is 16.3. The van der Waals surface area contributed by atoms with E-state index in [4.69, 9.17) is 4.42 Å². The van der Waals surface area contributed by atoms with Crippen LogP contribution in [0.5, 0.6) is 0 Å². The zero-order valence-corrected chi connectivity index (χ0v) is 9.18. The van der Waals surface area contributed by atoms with Crippen molar-refractivity contribution >= 4 is 0 Å². The molecule has 3 heterocycles. The fourth-order valence-corrected chi connectivity index (χ4v) is 2.12. The van der Waals surface area contributed by atoms with Crippen LogP contribution in [0.15, 0.2) is 22.7 Å². The molecule has 0 saturated carbocycles. The topological polar surface area (TPSA) is 51.2 Å². The monoisotopic (exact) mass is 218 g/mol. The summed E-state index contributed by atoms with van der Waals surface area (Å²) >= 11 is 0. The smallest absolute Gasteiger partial charge is 0.154 e. The van der Waals surface area contributed by atoms with Crippen molar-refractivity contribution < 1.29 is 9.52 Å². The van der Waals surface area contributed by atoms with Gasteiger partial charge in [0.15, 0.2) is 5.76 Å². The summed E-state index contributed by atoms with van der Waals surface area (Å²) in [5.41, 5.74) is 0.859. The Bertz CT molecular complexity index is 513. The zero-order valence-electron chi connectivity index (χ0n) is 9.18. The molecular formula is C12H14N2O2. The minimum atomic E-state index is -0.243. The molecule has 4 nitrogen and oxygen atoms in total. The van der Waals surface area contributed by atoms with Crippen LogP contribution in [-0.2, 0) is 13.0 Å². The molecular weight excluding hydrogens is 204 g/mol. The average Bonchev–Trinajstić information content (AvgIpc) is 2.83. The van der Waals surface area contributed by atoms with Gasteiger partial charge in [-0.1, -0.05) is 0 Å². The molecule has 0 fully saturated rings. The predicted octanol–water partition coefficient (Wildman–Crippen LogP) is 1.76. The van der Waals surface area contributed by atoms with Crippen LogP contribution in [0.4, 0.5) is 0 Å². The number of aliphatic hydroxyl groups excluding tert-OH is 1. The Balaban J connectivity index is 1.98. The third kappa shape index (κ3) is 1.55. The number of imidazole rings is 1. The molecule has 3 rings (SSSR count). The lowest BCUT2D eigenvalue weighted by Gasteiger charge is -2.18. The van der Waals surface area contributed by atoms with Crippen molar-refractivity contribution in [3.63, 3.8) is 0 Å². The highest BCUT2D eigenvalue weighted by molar-refractivity contribution is 5.51. The van der Waals surface area contributed by atoms with Crippen LogP contribution in [0.3, 0.4) is 0 Å². The fourth-order valence-electron chi connectivity index (χ4n) is 2.12. The molecule has 4 heteroatoms. The van der Waals surface area contributed by atoms with E-state index in [1.54, 1.807) is 0 Å². The second kappa shape index (κ2) is 3.49. The summed E-state index contributed by atoms with van der Waals surface area (Å²) < 4.78 is 7.55. The van der Waals surface area contributed by atoms with E-state index in [1.165, 1.54) is 0 Å². The number of furan rings is 1. The molecule has 1 unspecified atom stereocenters. The summed E-state index contributed by atoms with van der Waals surface area (Å²) in [4.78, 5) is 4.53. The lowest BCUT2D eigenvalue weighted by molar-refractivity contribution is 0.130. The molecule has 0 spiro atoms. The van der Waals surface area contributed by atoms with Gasteiger partial charge in [-0.25, -0.2) is 4.98 Å². The van der Waals surface area contributed by atoms with Gasteiger partial charge < -0.3 is 14.1 Å². The molecule has 16 heavy (non-hydrogen) atoms. The first kappa shape index (κ1) is 9.66. The van der Waals surface area contributed by atoms with E-state index in [9.17, 15) is 5.11 Å². The number of hydrogen-bond donors (Lipinski definition) is 1. The lowest BCUT2D eigenvalue weighted by Crippen LogP contribution is -2.23. The highest BCUT2D eigenvalue weighted by Crippen LogP contribution is 2.24. The Morgan fingerprint density at radius 2 is 2.38 bits per heavy atom. The predicted molar refractivity (Wildman–Crippen MR) is 59.0 cm³/mol. The third-order valence-electron chi connectivity index (χ3n) is 2.96. The van der Waals surface area contributed by atoms with Crippen molar-refractivity contribution in [2.75, 3.05) is 0 Å². The number of nitrogens with zero attached hydrogens (tertiary/aromatic N) is 2. The maximum Gasteiger partial charge on any atom is 0.154 e. The summed E-state index contributed by atoms with van der Waals surface area (Å²) in [7, 11) is 0. The van der Waals surface area contributed by atoms with E-state index < -0.39 is 0 Å². The standard InChI is InChI=1S/C12H14N2O2/c1-8-2-4-11(16-8)10-7-14-6-9(15)3-5-12(14)13-10/h2,4,7,9,15H,3,5-6H2,1H3. The summed E-state index contributed by atoms with van der Waals surface area (Å²) in [6.45, 7) is 2.56. The van der Waals surface area contributed by atoms with E-state index in [1.807, 2.05) is 29.8 Å². The lowest BCUT2D eigenvalue weighted by atomic mass is 10.1. The minimum absolute atomic E-state index is 0.243. The average molecular weight is 218 g/mol. The molecule has 0 saturated heterocycles. The van der Waals surface area contributed by atoms with Crippen LogP contribution in [0.2, 0.25) is 0 Å². The van der Waals surface area contributed by atoms with Crippen LogP contribution in [0, 0.1) is 6.92 Å². The van der Waals surface area contributed by atoms with Gasteiger partial charge in [0.2, 0.25) is 0 Å². The first-order valence-corrected chi connectivity index (χ1v) is 5.53. The SMILES string of the molecule is Cc1ccc(-c2cn3c(n2)CCC(O)C3)o1. The molecule has 0 radical (unpaired) electrons. The number of aliphatic hydroxyl groups is 1. The first-order chi connectivity index (χ1) is 7.72. The summed E-state index contributed by atoms with van der Waals surface area (Å²) in [5.74, 6) is 2.73. The number of hydrogen-bond acceptors (Lipinski definition) is 3. The number of fused-ring (bicyclic) bond motifs is 1. The van der Waals surface area contributed by atoms with Crippen molar-refractivity contribution in [3.05, 3.63) is 29.9 Å². The van der Waals surface area contributed by atoms with Crippen LogP contribution < -0.4 is 0 Å². The zero-order chi connectivity index (χ0) is 11.1. The van der Waals surface area contributed by atoms with E-state index in [2.05, 4.69) is 4.98 Å². The van der Waals surface area contributed by atoms with Gasteiger partial charge >= 0.3 is 0 Å². The van der Waals surface area contributed by atoms with Gasteiger partial charge in [0.25, 0.3) is 0 Å². The quantitative estimate of drug-likeness (QED) is 0.793. The van der Waals surface area contributed by atoms with Crippen molar-refractivity contribution in [1.29, 1.82) is 0 Å². The van der Waals surface area contributed by atoms with Gasteiger partial charge in [0.1, 0.15) is 17.3 Å². The van der Waals surface area contributed by atoms with Crippen LogP contribution in [0.1, 0.15) is 18.0 Å². The molecule has 1 N–H and O–H groups in total. The van der Waals surface area contributed by atoms with Gasteiger partial charge in [-0.2, -0.15) is 0 Å². The number of rotatable bonds is 1. The first-order valence-electron chi connectivity index (χ1n) is 5.53. The normalized spacial score (nSPS) is 19.8. The Morgan fingerprint density at radius 3 is 3.12 bits per heavy atom. The molecule has 2 aromatic heterocycles. The Hall–Kier alpha value is -1.55. The number of aromatic nitrogens is 2. The highest BCUT2D eigenvalue weighted by Gasteiger charge is 2.19. The van der Waals surface area contributed by atoms with E-state index in [0.29, 0.717) is 6.54 Å². The third-order valence-corrected chi connectivity index (χ3v) is 2.96. The van der Waals surface area contributed by atoms with Crippen molar-refractivity contribution in [2.45, 2.75) is 32.4 Å². The van der Waals surface area contributed by atoms with Crippen molar-refractivity contribution in [2.24, 2.45) is 0 Å². The molecule has 1 aliphatic rings. The van der Waals surface area contributed by atoms with Crippen LogP contribution in [-0.4, -0.2) is 20.8 Å². The molecule has 1 aliphatic heterocycles. The fraction of sp³-hybridized carbons (Fsp3) is 0.417. The summed E-state index contributed by atoms with van der Waals surface area (Å²) in [6.07, 6.45) is 3.35. The van der Waals surface area contributed by atoms with Gasteiger partial charge in [-0.15, -0.1) is 0 Å². The Kier molecular flexibility index (Phi) is 2.11. The molecule has 2 aromatic rings. The van der Waals surface area contributed by atoms with Crippen molar-refractivity contribution in [1.82, 2.24) is 9.55 Å². The second-order valence-electron chi connectivity index (χ2n) is 4.30. The molecule has 0 aromatic carbocycles. The van der Waals surface area contributed by atoms with E-state index in [-0.39, 0.29) is 6.10 Å². The second-order valence-corrected chi connectivity index (χ2v) is 4.30. The maximum absolute atomic E-state index is 9.57. The van der Waals surface area contributed by atoms with E-state index in [0.717, 1.165) is 35.9 Å². The van der Waals surface area contributed by atoms with Crippen LogP contribution in [0.25, 0.3) is 11.5 Å². The summed E-state index contributed by atoms with van der Waals surface area (Å²) in [6, 6.07) is 3.86. The molecule has 0 aliphatic carbocycles. The molecule has 0 bridgehead atoms. The molecule has 84 valence electrons. The van der Waals surface area contributed by atoms with Gasteiger partial charge in [-0.3, -0.25) is 0 Å². The minimum Gasteiger partial charge on any atom is -0.460 e. The Morgan fingerprint density at radius 1 is 1.50 bits per heavy atom. The van der Waals surface area contributed by atoms with E-state index >= 15 is 0 Å². The molecule has 0 amide bonds. The van der Waals surface area contributed by atoms with Gasteiger partial charge in [-0.05, 0) is 25.5 Å². The van der Waals surface area contributed by atoms with Crippen LogP contribution >= 0.6 is 0 Å².